The molecule has 0 amide bonds. The van der Waals surface area contributed by atoms with E-state index in [2.05, 4.69) is 15.4 Å². The monoisotopic (exact) mass is 328 g/mol. The molecule has 1 heterocycles. The van der Waals surface area contributed by atoms with Crippen molar-refractivity contribution >= 4 is 41.1 Å². The molecule has 1 aromatic rings. The van der Waals surface area contributed by atoms with E-state index in [9.17, 15) is 4.79 Å². The van der Waals surface area contributed by atoms with Gasteiger partial charge in [0.1, 0.15) is 11.8 Å². The minimum Gasteiger partial charge on any atom is -0.480 e. The summed E-state index contributed by atoms with van der Waals surface area (Å²) >= 11 is 11.9. The number of hydrazone groups is 1. The van der Waals surface area contributed by atoms with Gasteiger partial charge in [0.05, 0.1) is 11.1 Å². The van der Waals surface area contributed by atoms with Crippen LogP contribution in [0.3, 0.4) is 0 Å². The summed E-state index contributed by atoms with van der Waals surface area (Å²) in [5.41, 5.74) is 1.03. The molecule has 0 spiro atoms. The number of aliphatic carboxylic acids is 1. The van der Waals surface area contributed by atoms with E-state index < -0.39 is 12.0 Å². The molecule has 21 heavy (non-hydrogen) atoms. The first-order valence-corrected chi connectivity index (χ1v) is 6.99. The quantitative estimate of drug-likeness (QED) is 0.443. The smallest absolute Gasteiger partial charge is 0.320 e. The van der Waals surface area contributed by atoms with Crippen LogP contribution in [0.5, 0.6) is 0 Å². The molecule has 8 heteroatoms. The molecular formula is C13H14Cl2N4O2. The van der Waals surface area contributed by atoms with E-state index in [1.807, 2.05) is 0 Å². The van der Waals surface area contributed by atoms with Crippen molar-refractivity contribution in [1.82, 2.24) is 5.32 Å². The van der Waals surface area contributed by atoms with Crippen molar-refractivity contribution in [3.63, 3.8) is 0 Å². The van der Waals surface area contributed by atoms with Gasteiger partial charge in [-0.05, 0) is 24.6 Å². The summed E-state index contributed by atoms with van der Waals surface area (Å²) in [4.78, 5) is 15.2. The Hall–Kier alpha value is -1.63. The normalized spacial score (nSPS) is 22.9. The molecule has 0 radical (unpaired) electrons. The molecule has 1 aliphatic rings. The van der Waals surface area contributed by atoms with E-state index >= 15 is 0 Å². The molecule has 4 N–H and O–H groups in total. The molecule has 0 aromatic heterocycles. The van der Waals surface area contributed by atoms with E-state index in [1.165, 1.54) is 6.21 Å². The maximum absolute atomic E-state index is 10.9. The Kier molecular flexibility index (Phi) is 5.17. The molecule has 1 aliphatic heterocycles. The Morgan fingerprint density at radius 3 is 2.81 bits per heavy atom. The van der Waals surface area contributed by atoms with E-state index in [-0.39, 0.29) is 6.04 Å². The summed E-state index contributed by atoms with van der Waals surface area (Å²) in [5, 5.41) is 16.4. The van der Waals surface area contributed by atoms with Crippen LogP contribution in [0.4, 0.5) is 0 Å². The van der Waals surface area contributed by atoms with Gasteiger partial charge in [-0.15, -0.1) is 0 Å². The Balaban J connectivity index is 2.10. The number of halogens is 2. The largest absolute Gasteiger partial charge is 0.480 e. The first-order chi connectivity index (χ1) is 10.0. The number of carboxylic acids is 1. The van der Waals surface area contributed by atoms with Crippen LogP contribution < -0.4 is 11.2 Å². The lowest BCUT2D eigenvalue weighted by molar-refractivity contribution is -0.139. The second-order valence-corrected chi connectivity index (χ2v) is 5.45. The van der Waals surface area contributed by atoms with E-state index in [4.69, 9.17) is 34.2 Å². The first kappa shape index (κ1) is 15.8. The molecule has 1 aromatic carbocycles. The second kappa shape index (κ2) is 6.89. The minimum atomic E-state index is -0.874. The van der Waals surface area contributed by atoms with Gasteiger partial charge in [0.2, 0.25) is 0 Å². The van der Waals surface area contributed by atoms with Crippen LogP contribution in [0.15, 0.2) is 28.3 Å². The molecule has 2 atom stereocenters. The molecule has 0 saturated carbocycles. The van der Waals surface area contributed by atoms with Gasteiger partial charge < -0.3 is 16.3 Å². The van der Waals surface area contributed by atoms with Crippen molar-refractivity contribution in [1.29, 1.82) is 0 Å². The lowest BCUT2D eigenvalue weighted by Gasteiger charge is -2.05. The zero-order chi connectivity index (χ0) is 15.4. The lowest BCUT2D eigenvalue weighted by Crippen LogP contribution is -2.29. The van der Waals surface area contributed by atoms with Crippen molar-refractivity contribution in [2.45, 2.75) is 18.5 Å². The lowest BCUT2D eigenvalue weighted by atomic mass is 10.1. The van der Waals surface area contributed by atoms with Gasteiger partial charge in [-0.1, -0.05) is 23.2 Å². The number of nitrogens with one attached hydrogen (secondary N) is 1. The van der Waals surface area contributed by atoms with Crippen LogP contribution in [0.2, 0.25) is 10.0 Å². The second-order valence-electron chi connectivity index (χ2n) is 4.61. The Morgan fingerprint density at radius 1 is 1.48 bits per heavy atom. The molecular weight excluding hydrogens is 315 g/mol. The zero-order valence-corrected chi connectivity index (χ0v) is 12.5. The number of aliphatic imine (C=N–C) groups is 1. The summed E-state index contributed by atoms with van der Waals surface area (Å²) in [6.45, 7) is 0.500. The SMILES string of the molecule is NN=C(C=NC1CN[C@H](C(=O)O)C1)c1ccc(Cl)cc1Cl. The molecule has 6 nitrogen and oxygen atoms in total. The van der Waals surface area contributed by atoms with Crippen LogP contribution >= 0.6 is 23.2 Å². The summed E-state index contributed by atoms with van der Waals surface area (Å²) in [7, 11) is 0. The minimum absolute atomic E-state index is 0.131. The summed E-state index contributed by atoms with van der Waals surface area (Å²) in [6.07, 6.45) is 1.93. The Bertz CT molecular complexity index is 604. The average molecular weight is 329 g/mol. The topological polar surface area (TPSA) is 100 Å². The molecule has 0 aliphatic carbocycles. The van der Waals surface area contributed by atoms with Gasteiger partial charge in [0, 0.05) is 23.3 Å². The van der Waals surface area contributed by atoms with Crippen LogP contribution in [-0.4, -0.2) is 41.6 Å². The van der Waals surface area contributed by atoms with Gasteiger partial charge >= 0.3 is 5.97 Å². The van der Waals surface area contributed by atoms with Crippen LogP contribution in [0, 0.1) is 0 Å². The average Bonchev–Trinajstić information content (AvgIpc) is 2.90. The fraction of sp³-hybridized carbons (Fsp3) is 0.308. The van der Waals surface area contributed by atoms with Gasteiger partial charge in [0.25, 0.3) is 0 Å². The van der Waals surface area contributed by atoms with Gasteiger partial charge in [-0.25, -0.2) is 0 Å². The highest BCUT2D eigenvalue weighted by Crippen LogP contribution is 2.21. The summed E-state index contributed by atoms with van der Waals surface area (Å²) in [5.74, 6) is 4.49. The summed E-state index contributed by atoms with van der Waals surface area (Å²) < 4.78 is 0. The molecule has 2 rings (SSSR count). The number of carboxylic acid groups (broad SMARTS) is 1. The standard InChI is InChI=1S/C13H14Cl2N4O2/c14-7-1-2-9(10(15)3-7)12(19-16)6-17-8-4-11(13(20)21)18-5-8/h1-3,6,8,11,18H,4-5,16H2,(H,20,21)/t8?,11-/m0/s1. The third-order valence-corrected chi connectivity index (χ3v) is 3.71. The van der Waals surface area contributed by atoms with Crippen molar-refractivity contribution in [3.05, 3.63) is 33.8 Å². The Morgan fingerprint density at radius 2 is 2.24 bits per heavy atom. The van der Waals surface area contributed by atoms with Crippen molar-refractivity contribution < 1.29 is 9.90 Å². The summed E-state index contributed by atoms with van der Waals surface area (Å²) in [6, 6.07) is 4.28. The number of benzene rings is 1. The Labute approximate surface area is 131 Å². The molecule has 1 fully saturated rings. The number of carbonyl (C=O) groups is 1. The number of rotatable bonds is 4. The molecule has 1 saturated heterocycles. The van der Waals surface area contributed by atoms with Crippen LogP contribution in [0.1, 0.15) is 12.0 Å². The van der Waals surface area contributed by atoms with E-state index in [0.717, 1.165) is 0 Å². The number of hydrogen-bond acceptors (Lipinski definition) is 5. The van der Waals surface area contributed by atoms with Crippen molar-refractivity contribution in [3.8, 4) is 0 Å². The highest BCUT2D eigenvalue weighted by atomic mass is 35.5. The molecule has 0 bridgehead atoms. The van der Waals surface area contributed by atoms with Crippen molar-refractivity contribution in [2.24, 2.45) is 15.9 Å². The predicted molar refractivity (Wildman–Crippen MR) is 83.5 cm³/mol. The zero-order valence-electron chi connectivity index (χ0n) is 11.0. The maximum Gasteiger partial charge on any atom is 0.320 e. The third kappa shape index (κ3) is 3.93. The molecule has 112 valence electrons. The van der Waals surface area contributed by atoms with Gasteiger partial charge in [-0.2, -0.15) is 5.10 Å². The van der Waals surface area contributed by atoms with Crippen molar-refractivity contribution in [2.75, 3.05) is 6.54 Å². The number of nitrogens with two attached hydrogens (primary N) is 1. The number of nitrogens with zero attached hydrogens (tertiary/aromatic N) is 2. The van der Waals surface area contributed by atoms with E-state index in [1.54, 1.807) is 18.2 Å². The van der Waals surface area contributed by atoms with E-state index in [0.29, 0.717) is 34.3 Å². The maximum atomic E-state index is 10.9. The fourth-order valence-corrected chi connectivity index (χ4v) is 2.57. The predicted octanol–water partition coefficient (Wildman–Crippen LogP) is 1.54. The fourth-order valence-electron chi connectivity index (χ4n) is 2.06. The van der Waals surface area contributed by atoms with Crippen LogP contribution in [0.25, 0.3) is 0 Å². The highest BCUT2D eigenvalue weighted by molar-refractivity contribution is 6.44. The van der Waals surface area contributed by atoms with Crippen LogP contribution in [-0.2, 0) is 4.79 Å². The number of hydrogen-bond donors (Lipinski definition) is 3. The van der Waals surface area contributed by atoms with Gasteiger partial charge in [-0.3, -0.25) is 9.79 Å². The molecule has 1 unspecified atom stereocenters. The first-order valence-electron chi connectivity index (χ1n) is 6.24. The van der Waals surface area contributed by atoms with Gasteiger partial charge in [0.15, 0.2) is 0 Å². The third-order valence-electron chi connectivity index (χ3n) is 3.16. The highest BCUT2D eigenvalue weighted by Gasteiger charge is 2.28.